The van der Waals surface area contributed by atoms with Crippen LogP contribution in [-0.2, 0) is 0 Å². The number of benzene rings is 1. The Morgan fingerprint density at radius 2 is 1.95 bits per heavy atom. The van der Waals surface area contributed by atoms with E-state index in [2.05, 4.69) is 58.8 Å². The minimum atomic E-state index is -0.721. The summed E-state index contributed by atoms with van der Waals surface area (Å²) in [6.07, 6.45) is 12.0. The predicted octanol–water partition coefficient (Wildman–Crippen LogP) is 6.64. The van der Waals surface area contributed by atoms with E-state index in [1.807, 2.05) is 19.2 Å². The van der Waals surface area contributed by atoms with Crippen LogP contribution in [0.4, 0.5) is 20.2 Å². The summed E-state index contributed by atoms with van der Waals surface area (Å²) in [6.45, 7) is 15.8. The SMILES string of the molecule is C=C=C(N[C@H]1CCNCC1(C)C)c1c(/N=C/C(/C=C(\N=C)Nc2c(F)cccc2F)=C/C)cncc1C1CC1. The van der Waals surface area contributed by atoms with Crippen LogP contribution in [0.25, 0.3) is 5.70 Å². The van der Waals surface area contributed by atoms with E-state index in [9.17, 15) is 8.78 Å². The van der Waals surface area contributed by atoms with E-state index < -0.39 is 11.6 Å². The molecular formula is C31H36F2N6. The first-order chi connectivity index (χ1) is 18.8. The quantitative estimate of drug-likeness (QED) is 0.183. The van der Waals surface area contributed by atoms with Crippen molar-refractivity contribution in [3.05, 3.63) is 89.2 Å². The first-order valence-electron chi connectivity index (χ1n) is 13.2. The normalized spacial score (nSPS) is 19.5. The molecule has 0 bridgehead atoms. The second-order valence-electron chi connectivity index (χ2n) is 10.6. The minimum Gasteiger partial charge on any atom is -0.375 e. The number of allylic oxidation sites excluding steroid dienone is 3. The van der Waals surface area contributed by atoms with Crippen LogP contribution in [-0.4, -0.2) is 37.0 Å². The second-order valence-corrected chi connectivity index (χ2v) is 10.6. The Kier molecular flexibility index (Phi) is 8.90. The third-order valence-corrected chi connectivity index (χ3v) is 7.23. The Bertz CT molecular complexity index is 1340. The molecule has 0 spiro atoms. The molecule has 3 N–H and O–H groups in total. The van der Waals surface area contributed by atoms with Gasteiger partial charge < -0.3 is 16.0 Å². The van der Waals surface area contributed by atoms with Crippen molar-refractivity contribution in [2.75, 3.05) is 18.4 Å². The number of nitrogens with one attached hydrogen (secondary N) is 3. The molecule has 0 unspecified atom stereocenters. The Morgan fingerprint density at radius 1 is 1.21 bits per heavy atom. The van der Waals surface area contributed by atoms with E-state index in [0.717, 1.165) is 49.2 Å². The molecule has 2 aliphatic rings. The van der Waals surface area contributed by atoms with Crippen molar-refractivity contribution < 1.29 is 8.78 Å². The molecule has 0 radical (unpaired) electrons. The summed E-state index contributed by atoms with van der Waals surface area (Å²) in [5, 5.41) is 9.89. The number of nitrogens with zero attached hydrogens (tertiary/aromatic N) is 3. The van der Waals surface area contributed by atoms with Crippen LogP contribution in [0.3, 0.4) is 0 Å². The summed E-state index contributed by atoms with van der Waals surface area (Å²) in [7, 11) is 0. The molecule has 1 saturated carbocycles. The van der Waals surface area contributed by atoms with Crippen LogP contribution < -0.4 is 16.0 Å². The molecule has 1 aliphatic heterocycles. The van der Waals surface area contributed by atoms with E-state index in [4.69, 9.17) is 4.99 Å². The second kappa shape index (κ2) is 12.3. The number of aromatic nitrogens is 1. The van der Waals surface area contributed by atoms with Gasteiger partial charge in [0.15, 0.2) is 0 Å². The number of pyridine rings is 1. The average molecular weight is 531 g/mol. The number of halogens is 2. The van der Waals surface area contributed by atoms with Gasteiger partial charge in [-0.2, -0.15) is 0 Å². The summed E-state index contributed by atoms with van der Waals surface area (Å²) < 4.78 is 28.3. The molecule has 2 fully saturated rings. The summed E-state index contributed by atoms with van der Waals surface area (Å²) in [5.41, 5.74) is 7.20. The predicted molar refractivity (Wildman–Crippen MR) is 156 cm³/mol. The molecule has 39 heavy (non-hydrogen) atoms. The zero-order valence-electron chi connectivity index (χ0n) is 22.8. The maximum absolute atomic E-state index is 14.2. The van der Waals surface area contributed by atoms with E-state index in [0.29, 0.717) is 17.2 Å². The first kappa shape index (κ1) is 28.1. The molecule has 2 aromatic rings. The molecule has 6 nitrogen and oxygen atoms in total. The zero-order chi connectivity index (χ0) is 28.0. The molecule has 204 valence electrons. The highest BCUT2D eigenvalue weighted by Gasteiger charge is 2.34. The lowest BCUT2D eigenvalue weighted by atomic mass is 9.79. The number of hydrogen-bond acceptors (Lipinski definition) is 6. The van der Waals surface area contributed by atoms with Gasteiger partial charge in [-0.05, 0) is 80.1 Å². The van der Waals surface area contributed by atoms with Gasteiger partial charge in [-0.15, -0.1) is 5.73 Å². The molecule has 1 atom stereocenters. The topological polar surface area (TPSA) is 73.7 Å². The van der Waals surface area contributed by atoms with Crippen LogP contribution >= 0.6 is 0 Å². The van der Waals surface area contributed by atoms with Crippen molar-refractivity contribution in [2.24, 2.45) is 15.4 Å². The van der Waals surface area contributed by atoms with E-state index in [1.165, 1.54) is 18.2 Å². The fraction of sp³-hybridized carbons (Fsp3) is 0.355. The molecule has 1 aromatic carbocycles. The summed E-state index contributed by atoms with van der Waals surface area (Å²) in [5.74, 6) is -0.821. The standard InChI is InChI=1S/C31H36F2N6/c1-6-20(15-28(34-5)39-30-23(32)9-8-10-24(30)33)16-37-26-18-36-17-22(21-11-12-21)29(26)25(7-2)38-27-13-14-35-19-31(27,3)4/h6,8-10,15-18,21,27,35,38-39H,2,5,11-14,19H2,1,3-4H3/b20-6+,28-15+,37-16+/t27-/m0/s1. The molecule has 2 heterocycles. The Labute approximate surface area is 229 Å². The van der Waals surface area contributed by atoms with Gasteiger partial charge in [-0.3, -0.25) is 9.98 Å². The highest BCUT2D eigenvalue weighted by atomic mass is 19.1. The molecule has 1 saturated heterocycles. The lowest BCUT2D eigenvalue weighted by Gasteiger charge is -2.40. The number of hydrogen-bond donors (Lipinski definition) is 3. The smallest absolute Gasteiger partial charge is 0.149 e. The molecule has 4 rings (SSSR count). The average Bonchev–Trinajstić information content (AvgIpc) is 3.77. The van der Waals surface area contributed by atoms with Crippen LogP contribution in [0.2, 0.25) is 0 Å². The van der Waals surface area contributed by atoms with Gasteiger partial charge in [0, 0.05) is 30.6 Å². The third-order valence-electron chi connectivity index (χ3n) is 7.23. The number of piperidine rings is 1. The van der Waals surface area contributed by atoms with Gasteiger partial charge in [0.25, 0.3) is 0 Å². The zero-order valence-corrected chi connectivity index (χ0v) is 22.8. The summed E-state index contributed by atoms with van der Waals surface area (Å²) >= 11 is 0. The monoisotopic (exact) mass is 530 g/mol. The summed E-state index contributed by atoms with van der Waals surface area (Å²) in [6, 6.07) is 3.91. The lowest BCUT2D eigenvalue weighted by molar-refractivity contribution is 0.202. The maximum Gasteiger partial charge on any atom is 0.149 e. The van der Waals surface area contributed by atoms with E-state index >= 15 is 0 Å². The van der Waals surface area contributed by atoms with Gasteiger partial charge in [0.1, 0.15) is 23.1 Å². The van der Waals surface area contributed by atoms with Crippen LogP contribution in [0.1, 0.15) is 57.1 Å². The van der Waals surface area contributed by atoms with E-state index in [1.54, 1.807) is 18.5 Å². The summed E-state index contributed by atoms with van der Waals surface area (Å²) in [4.78, 5) is 13.2. The fourth-order valence-electron chi connectivity index (χ4n) is 4.73. The van der Waals surface area contributed by atoms with Crippen LogP contribution in [0.5, 0.6) is 0 Å². The Balaban J connectivity index is 1.65. The highest BCUT2D eigenvalue weighted by Crippen LogP contribution is 2.45. The maximum atomic E-state index is 14.2. The van der Waals surface area contributed by atoms with Crippen molar-refractivity contribution in [1.29, 1.82) is 0 Å². The van der Waals surface area contributed by atoms with E-state index in [-0.39, 0.29) is 23.0 Å². The first-order valence-corrected chi connectivity index (χ1v) is 13.2. The van der Waals surface area contributed by atoms with Crippen LogP contribution in [0.15, 0.2) is 76.4 Å². The number of rotatable bonds is 10. The van der Waals surface area contributed by atoms with Gasteiger partial charge in [-0.25, -0.2) is 13.8 Å². The van der Waals surface area contributed by atoms with Crippen molar-refractivity contribution >= 4 is 30.0 Å². The van der Waals surface area contributed by atoms with Gasteiger partial charge in [0.2, 0.25) is 0 Å². The van der Waals surface area contributed by atoms with Gasteiger partial charge >= 0.3 is 0 Å². The van der Waals surface area contributed by atoms with Gasteiger partial charge in [-0.1, -0.05) is 32.6 Å². The largest absolute Gasteiger partial charge is 0.375 e. The molecule has 1 aromatic heterocycles. The fourth-order valence-corrected chi connectivity index (χ4v) is 4.73. The van der Waals surface area contributed by atoms with Crippen molar-refractivity contribution in [1.82, 2.24) is 15.6 Å². The minimum absolute atomic E-state index is 0.0538. The molecule has 1 aliphatic carbocycles. The lowest BCUT2D eigenvalue weighted by Crippen LogP contribution is -2.52. The third kappa shape index (κ3) is 6.77. The van der Waals surface area contributed by atoms with Crippen LogP contribution in [0, 0.1) is 17.0 Å². The van der Waals surface area contributed by atoms with Crippen molar-refractivity contribution in [3.63, 3.8) is 0 Å². The molecule has 0 amide bonds. The Hall–Kier alpha value is -3.87. The molecular weight excluding hydrogens is 494 g/mol. The number of para-hydroxylation sites is 1. The number of aliphatic imine (C=N–C) groups is 2. The number of anilines is 1. The molecule has 8 heteroatoms. The Morgan fingerprint density at radius 3 is 2.56 bits per heavy atom. The van der Waals surface area contributed by atoms with Crippen molar-refractivity contribution in [2.45, 2.75) is 52.0 Å². The van der Waals surface area contributed by atoms with Gasteiger partial charge in [0.05, 0.1) is 17.6 Å². The highest BCUT2D eigenvalue weighted by molar-refractivity contribution is 5.87. The van der Waals surface area contributed by atoms with Crippen molar-refractivity contribution in [3.8, 4) is 0 Å².